The largest absolute Gasteiger partial charge is 0.462 e. The molecule has 0 aromatic carbocycles. The Morgan fingerprint density at radius 2 is 0.841 bits per heavy atom. The van der Waals surface area contributed by atoms with Gasteiger partial charge in [-0.15, -0.1) is 0 Å². The number of rotatable bonds is 35. The van der Waals surface area contributed by atoms with Crippen LogP contribution in [0.4, 0.5) is 0 Å². The molecular formula is C39H74O5. The standard InChI is InChI=1S/C39H74O5/c1-3-5-7-9-11-13-15-17-19-21-23-25-27-29-31-33-38(41)43-36-37(35-40)44-39(42)34-32-30-28-26-24-22-20-18-16-14-12-10-8-6-4-2/h17,19,37,40H,3-16,18,20-36H2,1-2H3/b19-17-/t37-/m0/s1. The molecule has 0 fully saturated rings. The van der Waals surface area contributed by atoms with Gasteiger partial charge in [-0.2, -0.15) is 0 Å². The summed E-state index contributed by atoms with van der Waals surface area (Å²) in [6.45, 7) is 4.14. The molecule has 44 heavy (non-hydrogen) atoms. The minimum atomic E-state index is -0.767. The van der Waals surface area contributed by atoms with E-state index in [2.05, 4.69) is 26.0 Å². The lowest BCUT2D eigenvalue weighted by Gasteiger charge is -2.15. The molecule has 0 bridgehead atoms. The van der Waals surface area contributed by atoms with Gasteiger partial charge in [-0.05, 0) is 38.5 Å². The molecule has 260 valence electrons. The summed E-state index contributed by atoms with van der Waals surface area (Å²) >= 11 is 0. The summed E-state index contributed by atoms with van der Waals surface area (Å²) in [5.74, 6) is -0.591. The number of aliphatic hydroxyl groups excluding tert-OH is 1. The predicted octanol–water partition coefficient (Wildman–Crippen LogP) is 11.7. The van der Waals surface area contributed by atoms with Crippen LogP contribution in [-0.4, -0.2) is 36.4 Å². The van der Waals surface area contributed by atoms with E-state index in [1.165, 1.54) is 135 Å². The Hall–Kier alpha value is -1.36. The molecule has 0 rings (SSSR count). The van der Waals surface area contributed by atoms with Crippen molar-refractivity contribution in [2.45, 2.75) is 213 Å². The fourth-order valence-corrected chi connectivity index (χ4v) is 5.61. The van der Waals surface area contributed by atoms with Gasteiger partial charge in [0.15, 0.2) is 6.10 Å². The summed E-state index contributed by atoms with van der Waals surface area (Å²) in [6.07, 6.45) is 39.8. The average Bonchev–Trinajstić information content (AvgIpc) is 3.02. The van der Waals surface area contributed by atoms with Crippen LogP contribution < -0.4 is 0 Å². The van der Waals surface area contributed by atoms with Crippen LogP contribution in [0.1, 0.15) is 206 Å². The Labute approximate surface area is 273 Å². The number of unbranched alkanes of at least 4 members (excludes halogenated alkanes) is 25. The van der Waals surface area contributed by atoms with Crippen molar-refractivity contribution < 1.29 is 24.2 Å². The van der Waals surface area contributed by atoms with Crippen LogP contribution in [0.25, 0.3) is 0 Å². The van der Waals surface area contributed by atoms with Crippen LogP contribution in [0.2, 0.25) is 0 Å². The molecule has 0 aromatic heterocycles. The first kappa shape index (κ1) is 42.6. The van der Waals surface area contributed by atoms with Gasteiger partial charge < -0.3 is 14.6 Å². The number of hydrogen-bond donors (Lipinski definition) is 1. The Kier molecular flexibility index (Phi) is 35.0. The SMILES string of the molecule is CCCCCCCC/C=C\CCCCCCCC(=O)OC[C@H](CO)OC(=O)CCCCCCCCCCCCCCCCC. The van der Waals surface area contributed by atoms with E-state index < -0.39 is 6.10 Å². The maximum atomic E-state index is 12.1. The molecule has 0 radical (unpaired) electrons. The Morgan fingerprint density at radius 1 is 0.500 bits per heavy atom. The van der Waals surface area contributed by atoms with Crippen LogP contribution in [0.3, 0.4) is 0 Å². The molecule has 1 atom stereocenters. The van der Waals surface area contributed by atoms with Gasteiger partial charge in [0, 0.05) is 12.8 Å². The fourth-order valence-electron chi connectivity index (χ4n) is 5.61. The molecule has 0 spiro atoms. The van der Waals surface area contributed by atoms with Crippen LogP contribution in [0, 0.1) is 0 Å². The van der Waals surface area contributed by atoms with Crippen LogP contribution in [-0.2, 0) is 19.1 Å². The van der Waals surface area contributed by atoms with E-state index >= 15 is 0 Å². The minimum Gasteiger partial charge on any atom is -0.462 e. The highest BCUT2D eigenvalue weighted by atomic mass is 16.6. The number of aliphatic hydroxyl groups is 1. The zero-order chi connectivity index (χ0) is 32.2. The summed E-state index contributed by atoms with van der Waals surface area (Å²) in [5.41, 5.74) is 0. The Balaban J connectivity index is 3.53. The third-order valence-electron chi connectivity index (χ3n) is 8.56. The molecule has 0 amide bonds. The zero-order valence-corrected chi connectivity index (χ0v) is 29.4. The van der Waals surface area contributed by atoms with Crippen LogP contribution in [0.5, 0.6) is 0 Å². The van der Waals surface area contributed by atoms with Gasteiger partial charge in [0.1, 0.15) is 6.61 Å². The number of allylic oxidation sites excluding steroid dienone is 2. The molecular weight excluding hydrogens is 548 g/mol. The third-order valence-corrected chi connectivity index (χ3v) is 8.56. The monoisotopic (exact) mass is 623 g/mol. The van der Waals surface area contributed by atoms with Crippen LogP contribution >= 0.6 is 0 Å². The number of esters is 2. The van der Waals surface area contributed by atoms with Crippen molar-refractivity contribution >= 4 is 11.9 Å². The predicted molar refractivity (Wildman–Crippen MR) is 187 cm³/mol. The van der Waals surface area contributed by atoms with Crippen molar-refractivity contribution in [1.82, 2.24) is 0 Å². The lowest BCUT2D eigenvalue weighted by atomic mass is 10.0. The molecule has 0 aliphatic heterocycles. The molecule has 0 aliphatic rings. The molecule has 1 N–H and O–H groups in total. The average molecular weight is 623 g/mol. The van der Waals surface area contributed by atoms with E-state index in [-0.39, 0.29) is 25.2 Å². The van der Waals surface area contributed by atoms with Gasteiger partial charge in [-0.3, -0.25) is 9.59 Å². The first-order valence-corrected chi connectivity index (χ1v) is 19.2. The summed E-state index contributed by atoms with van der Waals surface area (Å²) < 4.78 is 10.6. The molecule has 5 nitrogen and oxygen atoms in total. The topological polar surface area (TPSA) is 72.8 Å². The van der Waals surface area contributed by atoms with Crippen molar-refractivity contribution in [1.29, 1.82) is 0 Å². The summed E-state index contributed by atoms with van der Waals surface area (Å²) in [4.78, 5) is 24.2. The number of hydrogen-bond acceptors (Lipinski definition) is 5. The highest BCUT2D eigenvalue weighted by molar-refractivity contribution is 5.70. The van der Waals surface area contributed by atoms with Gasteiger partial charge >= 0.3 is 11.9 Å². The molecule has 0 heterocycles. The first-order valence-electron chi connectivity index (χ1n) is 19.2. The lowest BCUT2D eigenvalue weighted by molar-refractivity contribution is -0.161. The highest BCUT2D eigenvalue weighted by Crippen LogP contribution is 2.14. The Bertz CT molecular complexity index is 632. The number of ether oxygens (including phenoxy) is 2. The van der Waals surface area contributed by atoms with Crippen molar-refractivity contribution in [3.8, 4) is 0 Å². The van der Waals surface area contributed by atoms with Gasteiger partial charge in [-0.1, -0.05) is 167 Å². The van der Waals surface area contributed by atoms with Crippen molar-refractivity contribution in [3.05, 3.63) is 12.2 Å². The molecule has 0 aromatic rings. The second-order valence-electron chi connectivity index (χ2n) is 13.0. The summed E-state index contributed by atoms with van der Waals surface area (Å²) in [5, 5.41) is 9.54. The zero-order valence-electron chi connectivity index (χ0n) is 29.4. The molecule has 0 aliphatic carbocycles. The summed E-state index contributed by atoms with van der Waals surface area (Å²) in [6, 6.07) is 0. The third kappa shape index (κ3) is 33.5. The molecule has 0 unspecified atom stereocenters. The van der Waals surface area contributed by atoms with Crippen molar-refractivity contribution in [2.75, 3.05) is 13.2 Å². The normalized spacial score (nSPS) is 12.2. The van der Waals surface area contributed by atoms with E-state index in [9.17, 15) is 14.7 Å². The van der Waals surface area contributed by atoms with Gasteiger partial charge in [0.25, 0.3) is 0 Å². The molecule has 0 saturated heterocycles. The van der Waals surface area contributed by atoms with Gasteiger partial charge in [-0.25, -0.2) is 0 Å². The maximum absolute atomic E-state index is 12.1. The number of carbonyl (C=O) groups excluding carboxylic acids is 2. The molecule has 0 saturated carbocycles. The van der Waals surface area contributed by atoms with E-state index in [0.717, 1.165) is 44.9 Å². The highest BCUT2D eigenvalue weighted by Gasteiger charge is 2.16. The van der Waals surface area contributed by atoms with Crippen LogP contribution in [0.15, 0.2) is 12.2 Å². The van der Waals surface area contributed by atoms with E-state index in [1.54, 1.807) is 0 Å². The smallest absolute Gasteiger partial charge is 0.306 e. The van der Waals surface area contributed by atoms with Gasteiger partial charge in [0.2, 0.25) is 0 Å². The van der Waals surface area contributed by atoms with Gasteiger partial charge in [0.05, 0.1) is 6.61 Å². The first-order chi connectivity index (χ1) is 21.6. The number of carbonyl (C=O) groups is 2. The minimum absolute atomic E-state index is 0.0645. The quantitative estimate of drug-likeness (QED) is 0.0432. The lowest BCUT2D eigenvalue weighted by Crippen LogP contribution is -2.28. The fraction of sp³-hybridized carbons (Fsp3) is 0.897. The maximum Gasteiger partial charge on any atom is 0.306 e. The second-order valence-corrected chi connectivity index (χ2v) is 13.0. The van der Waals surface area contributed by atoms with Crippen molar-refractivity contribution in [2.24, 2.45) is 0 Å². The van der Waals surface area contributed by atoms with E-state index in [1.807, 2.05) is 0 Å². The molecule has 5 heteroatoms. The van der Waals surface area contributed by atoms with E-state index in [0.29, 0.717) is 12.8 Å². The second kappa shape index (κ2) is 36.1. The Morgan fingerprint density at radius 3 is 1.23 bits per heavy atom. The van der Waals surface area contributed by atoms with Crippen molar-refractivity contribution in [3.63, 3.8) is 0 Å². The summed E-state index contributed by atoms with van der Waals surface area (Å²) in [7, 11) is 0. The van der Waals surface area contributed by atoms with E-state index in [4.69, 9.17) is 9.47 Å².